The summed E-state index contributed by atoms with van der Waals surface area (Å²) in [5, 5.41) is 10.4. The Hall–Kier alpha value is -1.67. The molecule has 1 amide bonds. The van der Waals surface area contributed by atoms with Crippen molar-refractivity contribution in [3.05, 3.63) is 24.0 Å². The van der Waals surface area contributed by atoms with E-state index in [0.29, 0.717) is 13.1 Å². The lowest BCUT2D eigenvalue weighted by molar-refractivity contribution is -0.122. The molecule has 20 heavy (non-hydrogen) atoms. The van der Waals surface area contributed by atoms with Crippen molar-refractivity contribution in [2.24, 2.45) is 11.1 Å². The standard InChI is InChI=1S/C12H16FN3O3S/c13-10-7-9(20(14,18)19)3-4-11(10)15-5-6-16-12(17)8-1-2-8/h3-4,7-8,15H,1-2,5-6H2,(H,16,17)(H2,14,18,19). The Morgan fingerprint density at radius 2 is 2.05 bits per heavy atom. The summed E-state index contributed by atoms with van der Waals surface area (Å²) in [5.41, 5.74) is 0.165. The molecule has 8 heteroatoms. The summed E-state index contributed by atoms with van der Waals surface area (Å²) in [6, 6.07) is 3.39. The molecule has 0 saturated heterocycles. The van der Waals surface area contributed by atoms with E-state index in [1.807, 2.05) is 0 Å². The topological polar surface area (TPSA) is 101 Å². The summed E-state index contributed by atoms with van der Waals surface area (Å²) >= 11 is 0. The van der Waals surface area contributed by atoms with E-state index in [2.05, 4.69) is 10.6 Å². The first-order chi connectivity index (χ1) is 9.38. The first-order valence-electron chi connectivity index (χ1n) is 6.22. The number of nitrogens with two attached hydrogens (primary N) is 1. The normalized spacial score (nSPS) is 14.9. The Labute approximate surface area is 116 Å². The lowest BCUT2D eigenvalue weighted by atomic mass is 10.3. The van der Waals surface area contributed by atoms with Crippen molar-refractivity contribution in [1.29, 1.82) is 0 Å². The van der Waals surface area contributed by atoms with Crippen LogP contribution < -0.4 is 15.8 Å². The highest BCUT2D eigenvalue weighted by molar-refractivity contribution is 7.89. The van der Waals surface area contributed by atoms with Crippen LogP contribution in [0.25, 0.3) is 0 Å². The van der Waals surface area contributed by atoms with Crippen molar-refractivity contribution >= 4 is 21.6 Å². The number of amides is 1. The first-order valence-corrected chi connectivity index (χ1v) is 7.76. The Morgan fingerprint density at radius 3 is 2.60 bits per heavy atom. The van der Waals surface area contributed by atoms with Gasteiger partial charge in [0.1, 0.15) is 5.82 Å². The number of hydrogen-bond acceptors (Lipinski definition) is 4. The van der Waals surface area contributed by atoms with Crippen LogP contribution in [-0.2, 0) is 14.8 Å². The van der Waals surface area contributed by atoms with Crippen molar-refractivity contribution < 1.29 is 17.6 Å². The Kier molecular flexibility index (Phi) is 4.24. The number of sulfonamides is 1. The van der Waals surface area contributed by atoms with Gasteiger partial charge in [-0.25, -0.2) is 17.9 Å². The zero-order valence-corrected chi connectivity index (χ0v) is 11.5. The molecule has 4 N–H and O–H groups in total. The fourth-order valence-corrected chi connectivity index (χ4v) is 2.21. The number of hydrogen-bond donors (Lipinski definition) is 3. The third kappa shape index (κ3) is 3.91. The predicted octanol–water partition coefficient (Wildman–Crippen LogP) is 0.411. The SMILES string of the molecule is NS(=O)(=O)c1ccc(NCCNC(=O)C2CC2)c(F)c1. The van der Waals surface area contributed by atoms with Crippen LogP contribution in [0, 0.1) is 11.7 Å². The van der Waals surface area contributed by atoms with Crippen molar-refractivity contribution in [2.75, 3.05) is 18.4 Å². The first kappa shape index (κ1) is 14.7. The molecule has 110 valence electrons. The second kappa shape index (κ2) is 5.76. The largest absolute Gasteiger partial charge is 0.381 e. The molecule has 1 saturated carbocycles. The van der Waals surface area contributed by atoms with Crippen LogP contribution in [0.4, 0.5) is 10.1 Å². The number of halogens is 1. The summed E-state index contributed by atoms with van der Waals surface area (Å²) in [5.74, 6) is -0.539. The van der Waals surface area contributed by atoms with Gasteiger partial charge in [-0.05, 0) is 31.0 Å². The summed E-state index contributed by atoms with van der Waals surface area (Å²) in [4.78, 5) is 11.1. The van der Waals surface area contributed by atoms with Gasteiger partial charge in [-0.3, -0.25) is 4.79 Å². The van der Waals surface area contributed by atoms with Gasteiger partial charge in [0.15, 0.2) is 0 Å². The molecule has 1 aromatic rings. The van der Waals surface area contributed by atoms with E-state index in [9.17, 15) is 17.6 Å². The van der Waals surface area contributed by atoms with Gasteiger partial charge < -0.3 is 10.6 Å². The van der Waals surface area contributed by atoms with Crippen LogP contribution in [0.3, 0.4) is 0 Å². The van der Waals surface area contributed by atoms with E-state index < -0.39 is 15.8 Å². The van der Waals surface area contributed by atoms with E-state index in [4.69, 9.17) is 5.14 Å². The minimum atomic E-state index is -3.91. The minimum Gasteiger partial charge on any atom is -0.381 e. The Morgan fingerprint density at radius 1 is 1.35 bits per heavy atom. The second-order valence-electron chi connectivity index (χ2n) is 4.68. The summed E-state index contributed by atoms with van der Waals surface area (Å²) in [6.45, 7) is 0.732. The molecule has 0 aromatic heterocycles. The van der Waals surface area contributed by atoms with Gasteiger partial charge in [0, 0.05) is 19.0 Å². The molecule has 6 nitrogen and oxygen atoms in total. The van der Waals surface area contributed by atoms with Crippen LogP contribution in [0.1, 0.15) is 12.8 Å². The average Bonchev–Trinajstić information content (AvgIpc) is 3.18. The van der Waals surface area contributed by atoms with Gasteiger partial charge in [0.2, 0.25) is 15.9 Å². The van der Waals surface area contributed by atoms with Gasteiger partial charge in [0.25, 0.3) is 0 Å². The molecule has 0 unspecified atom stereocenters. The van der Waals surface area contributed by atoms with Gasteiger partial charge in [-0.15, -0.1) is 0 Å². The van der Waals surface area contributed by atoms with Gasteiger partial charge >= 0.3 is 0 Å². The Balaban J connectivity index is 1.85. The minimum absolute atomic E-state index is 0.0249. The zero-order chi connectivity index (χ0) is 14.8. The van der Waals surface area contributed by atoms with Crippen LogP contribution in [-0.4, -0.2) is 27.4 Å². The highest BCUT2D eigenvalue weighted by atomic mass is 32.2. The zero-order valence-electron chi connectivity index (χ0n) is 10.7. The van der Waals surface area contributed by atoms with Crippen LogP contribution in [0.2, 0.25) is 0 Å². The maximum atomic E-state index is 13.6. The number of anilines is 1. The summed E-state index contributed by atoms with van der Waals surface area (Å²) in [6.07, 6.45) is 1.87. The van der Waals surface area contributed by atoms with E-state index in [1.165, 1.54) is 12.1 Å². The average molecular weight is 301 g/mol. The number of nitrogens with one attached hydrogen (secondary N) is 2. The fourth-order valence-electron chi connectivity index (χ4n) is 1.69. The fraction of sp³-hybridized carbons (Fsp3) is 0.417. The third-order valence-electron chi connectivity index (χ3n) is 2.96. The monoisotopic (exact) mass is 301 g/mol. The molecule has 0 spiro atoms. The quantitative estimate of drug-likeness (QED) is 0.662. The van der Waals surface area contributed by atoms with Gasteiger partial charge in [0.05, 0.1) is 10.6 Å². The number of primary sulfonamides is 1. The molecule has 1 fully saturated rings. The highest BCUT2D eigenvalue weighted by Gasteiger charge is 2.28. The molecule has 1 aliphatic carbocycles. The van der Waals surface area contributed by atoms with E-state index in [0.717, 1.165) is 18.9 Å². The third-order valence-corrected chi connectivity index (χ3v) is 3.87. The lowest BCUT2D eigenvalue weighted by Crippen LogP contribution is -2.29. The van der Waals surface area contributed by atoms with E-state index in [1.54, 1.807) is 0 Å². The molecule has 0 aliphatic heterocycles. The van der Waals surface area contributed by atoms with Crippen molar-refractivity contribution in [3.8, 4) is 0 Å². The van der Waals surface area contributed by atoms with E-state index in [-0.39, 0.29) is 22.4 Å². The molecule has 1 aromatic carbocycles. The molecule has 0 bridgehead atoms. The molecule has 0 atom stereocenters. The van der Waals surface area contributed by atoms with Crippen molar-refractivity contribution in [3.63, 3.8) is 0 Å². The van der Waals surface area contributed by atoms with Crippen LogP contribution >= 0.6 is 0 Å². The summed E-state index contributed by atoms with van der Waals surface area (Å²) < 4.78 is 35.7. The molecule has 2 rings (SSSR count). The van der Waals surface area contributed by atoms with Gasteiger partial charge in [-0.2, -0.15) is 0 Å². The number of carbonyl (C=O) groups excluding carboxylic acids is 1. The highest BCUT2D eigenvalue weighted by Crippen LogP contribution is 2.28. The maximum absolute atomic E-state index is 13.6. The van der Waals surface area contributed by atoms with Crippen LogP contribution in [0.5, 0.6) is 0 Å². The lowest BCUT2D eigenvalue weighted by Gasteiger charge is -2.09. The van der Waals surface area contributed by atoms with Crippen molar-refractivity contribution in [2.45, 2.75) is 17.7 Å². The van der Waals surface area contributed by atoms with E-state index >= 15 is 0 Å². The van der Waals surface area contributed by atoms with Gasteiger partial charge in [-0.1, -0.05) is 0 Å². The molecular weight excluding hydrogens is 285 g/mol. The maximum Gasteiger partial charge on any atom is 0.238 e. The molecular formula is C12H16FN3O3S. The number of benzene rings is 1. The predicted molar refractivity (Wildman–Crippen MR) is 72.0 cm³/mol. The Bertz CT molecular complexity index is 614. The molecule has 0 heterocycles. The smallest absolute Gasteiger partial charge is 0.238 e. The molecule has 1 aliphatic rings. The number of carbonyl (C=O) groups is 1. The van der Waals surface area contributed by atoms with Crippen molar-refractivity contribution in [1.82, 2.24) is 5.32 Å². The molecule has 0 radical (unpaired) electrons. The number of rotatable bonds is 6. The second-order valence-corrected chi connectivity index (χ2v) is 6.24. The summed E-state index contributed by atoms with van der Waals surface area (Å²) in [7, 11) is -3.91. The van der Waals surface area contributed by atoms with Crippen LogP contribution in [0.15, 0.2) is 23.1 Å².